The molecule has 4 N–H and O–H groups in total. The Morgan fingerprint density at radius 1 is 1.33 bits per heavy atom. The number of rotatable bonds is 5. The molecule has 1 fully saturated rings. The Bertz CT molecular complexity index is 360. The number of aliphatic hydroxyl groups excluding tert-OH is 3. The van der Waals surface area contributed by atoms with E-state index in [0.717, 1.165) is 7.11 Å². The maximum atomic E-state index is 11.3. The summed E-state index contributed by atoms with van der Waals surface area (Å²) in [6.07, 6.45) is -4.60. The number of ether oxygens (including phenoxy) is 1. The second-order valence-electron chi connectivity index (χ2n) is 3.88. The first kappa shape index (κ1) is 15.7. The number of hydrogen-bond acceptors (Lipinski definition) is 8. The average Bonchev–Trinajstić information content (AvgIpc) is 2.29. The summed E-state index contributed by atoms with van der Waals surface area (Å²) >= 11 is 0. The van der Waals surface area contributed by atoms with Crippen LogP contribution in [0.25, 0.3) is 0 Å². The molecule has 5 atom stereocenters. The van der Waals surface area contributed by atoms with Crippen LogP contribution in [-0.2, 0) is 24.3 Å². The van der Waals surface area contributed by atoms with E-state index in [1.54, 1.807) is 0 Å². The maximum Gasteiger partial charge on any atom is 0.362 e. The monoisotopic (exact) mass is 287 g/mol. The molecule has 9 nitrogen and oxygen atoms in total. The molecule has 1 aliphatic rings. The van der Waals surface area contributed by atoms with Gasteiger partial charge in [-0.05, 0) is 6.92 Å². The van der Waals surface area contributed by atoms with Crippen molar-refractivity contribution in [3.05, 3.63) is 0 Å². The molecule has 0 aliphatic carbocycles. The molecule has 1 aliphatic heterocycles. The van der Waals surface area contributed by atoms with E-state index in [2.05, 4.69) is 9.22 Å². The van der Waals surface area contributed by atoms with Gasteiger partial charge in [0.25, 0.3) is 0 Å². The fourth-order valence-corrected chi connectivity index (χ4v) is 2.63. The molecule has 1 saturated heterocycles. The van der Waals surface area contributed by atoms with E-state index in [4.69, 9.17) is 9.84 Å². The lowest BCUT2D eigenvalue weighted by atomic mass is 9.94. The summed E-state index contributed by atoms with van der Waals surface area (Å²) < 4.78 is 33.7. The number of hydrogen-bond donors (Lipinski definition) is 4. The van der Waals surface area contributed by atoms with E-state index < -0.39 is 47.4 Å². The molecule has 0 spiro atoms. The van der Waals surface area contributed by atoms with Gasteiger partial charge in [-0.15, -0.1) is 0 Å². The molecule has 108 valence electrons. The Labute approximate surface area is 104 Å². The maximum absolute atomic E-state index is 11.3. The second-order valence-corrected chi connectivity index (χ2v) is 5.16. The Morgan fingerprint density at radius 3 is 2.44 bits per heavy atom. The van der Waals surface area contributed by atoms with Gasteiger partial charge in [-0.25, -0.2) is 4.89 Å². The van der Waals surface area contributed by atoms with Gasteiger partial charge in [0, 0.05) is 0 Å². The van der Waals surface area contributed by atoms with Gasteiger partial charge < -0.3 is 20.1 Å². The Balaban J connectivity index is 2.77. The summed E-state index contributed by atoms with van der Waals surface area (Å²) in [4.78, 5) is 4.01. The summed E-state index contributed by atoms with van der Waals surface area (Å²) in [5, 5.41) is 28.3. The van der Waals surface area contributed by atoms with Crippen LogP contribution >= 0.6 is 0 Å². The molecule has 0 aromatic heterocycles. The molecular formula is C8H17NO8S. The van der Waals surface area contributed by atoms with Crippen molar-refractivity contribution in [3.8, 4) is 0 Å². The highest BCUT2D eigenvalue weighted by molar-refractivity contribution is 7.84. The lowest BCUT2D eigenvalue weighted by Crippen LogP contribution is -2.63. The highest BCUT2D eigenvalue weighted by atomic mass is 32.2. The quantitative estimate of drug-likeness (QED) is 0.316. The zero-order valence-corrected chi connectivity index (χ0v) is 10.7. The van der Waals surface area contributed by atoms with Gasteiger partial charge in [-0.3, -0.25) is 0 Å². The van der Waals surface area contributed by atoms with Crippen LogP contribution in [0.15, 0.2) is 0 Å². The molecule has 0 amide bonds. The van der Waals surface area contributed by atoms with Gasteiger partial charge in [-0.2, -0.15) is 13.1 Å². The van der Waals surface area contributed by atoms with Crippen molar-refractivity contribution in [3.63, 3.8) is 0 Å². The standard InChI is InChI=1S/C8H17NO8S/c1-4-6(9-18(13,14)17-15-2)8(12)7(11)5(3-10)16-4/h4-12H,3H2,1-2H3. The van der Waals surface area contributed by atoms with Crippen molar-refractivity contribution in [1.29, 1.82) is 0 Å². The van der Waals surface area contributed by atoms with Crippen LogP contribution in [0.5, 0.6) is 0 Å². The minimum Gasteiger partial charge on any atom is -0.394 e. The Hall–Kier alpha value is -0.330. The lowest BCUT2D eigenvalue weighted by Gasteiger charge is -2.40. The third kappa shape index (κ3) is 3.59. The zero-order valence-electron chi connectivity index (χ0n) is 9.88. The first-order valence-corrected chi connectivity index (χ1v) is 6.60. The van der Waals surface area contributed by atoms with Gasteiger partial charge in [0.1, 0.15) is 18.3 Å². The van der Waals surface area contributed by atoms with Crippen LogP contribution in [-0.4, -0.2) is 67.9 Å². The third-order valence-electron chi connectivity index (χ3n) is 2.61. The van der Waals surface area contributed by atoms with Crippen molar-refractivity contribution in [2.24, 2.45) is 0 Å². The van der Waals surface area contributed by atoms with Crippen LogP contribution < -0.4 is 4.72 Å². The van der Waals surface area contributed by atoms with Crippen molar-refractivity contribution < 1.29 is 37.7 Å². The van der Waals surface area contributed by atoms with E-state index in [9.17, 15) is 18.6 Å². The fraction of sp³-hybridized carbons (Fsp3) is 1.00. The smallest absolute Gasteiger partial charge is 0.362 e. The Morgan fingerprint density at radius 2 is 1.94 bits per heavy atom. The second kappa shape index (κ2) is 6.21. The topological polar surface area (TPSA) is 135 Å². The van der Waals surface area contributed by atoms with Crippen molar-refractivity contribution in [2.75, 3.05) is 13.7 Å². The van der Waals surface area contributed by atoms with Crippen LogP contribution in [0.3, 0.4) is 0 Å². The molecule has 1 heterocycles. The first-order chi connectivity index (χ1) is 8.32. The van der Waals surface area contributed by atoms with Crippen LogP contribution in [0, 0.1) is 0 Å². The van der Waals surface area contributed by atoms with E-state index >= 15 is 0 Å². The molecular weight excluding hydrogens is 270 g/mol. The van der Waals surface area contributed by atoms with Gasteiger partial charge in [-0.1, -0.05) is 4.33 Å². The summed E-state index contributed by atoms with van der Waals surface area (Å²) in [6, 6.07) is -1.12. The summed E-state index contributed by atoms with van der Waals surface area (Å²) in [6.45, 7) is 0.994. The SMILES string of the molecule is COOS(=O)(=O)NC1C(C)OC(CO)C(O)C1O. The first-order valence-electron chi connectivity index (χ1n) is 5.19. The number of nitrogens with one attached hydrogen (secondary N) is 1. The van der Waals surface area contributed by atoms with Gasteiger partial charge in [0.2, 0.25) is 0 Å². The van der Waals surface area contributed by atoms with Crippen LogP contribution in [0.2, 0.25) is 0 Å². The van der Waals surface area contributed by atoms with E-state index in [1.807, 2.05) is 4.72 Å². The molecule has 1 rings (SSSR count). The van der Waals surface area contributed by atoms with Crippen LogP contribution in [0.4, 0.5) is 0 Å². The minimum atomic E-state index is -4.23. The highest BCUT2D eigenvalue weighted by Gasteiger charge is 2.44. The third-order valence-corrected chi connectivity index (χ3v) is 3.49. The molecule has 10 heteroatoms. The van der Waals surface area contributed by atoms with E-state index in [0.29, 0.717) is 0 Å². The predicted molar refractivity (Wildman–Crippen MR) is 57.4 cm³/mol. The van der Waals surface area contributed by atoms with Gasteiger partial charge >= 0.3 is 10.3 Å². The summed E-state index contributed by atoms with van der Waals surface area (Å²) in [5.41, 5.74) is 0. The molecule has 5 unspecified atom stereocenters. The Kier molecular flexibility index (Phi) is 5.43. The van der Waals surface area contributed by atoms with Crippen molar-refractivity contribution >= 4 is 10.3 Å². The van der Waals surface area contributed by atoms with E-state index in [-0.39, 0.29) is 0 Å². The normalized spacial score (nSPS) is 37.7. The molecule has 0 aromatic carbocycles. The largest absolute Gasteiger partial charge is 0.394 e. The molecule has 0 aromatic rings. The predicted octanol–water partition coefficient (Wildman–Crippen LogP) is -2.73. The van der Waals surface area contributed by atoms with Gasteiger partial charge in [0.15, 0.2) is 0 Å². The number of aliphatic hydroxyl groups is 3. The minimum absolute atomic E-state index is 0.489. The zero-order chi connectivity index (χ0) is 13.9. The molecule has 0 bridgehead atoms. The molecule has 18 heavy (non-hydrogen) atoms. The fourth-order valence-electron chi connectivity index (χ4n) is 1.74. The average molecular weight is 287 g/mol. The lowest BCUT2D eigenvalue weighted by molar-refractivity contribution is -0.192. The summed E-state index contributed by atoms with van der Waals surface area (Å²) in [7, 11) is -3.22. The molecule has 0 saturated carbocycles. The van der Waals surface area contributed by atoms with Gasteiger partial charge in [0.05, 0.1) is 25.9 Å². The summed E-state index contributed by atoms with van der Waals surface area (Å²) in [5.74, 6) is 0. The highest BCUT2D eigenvalue weighted by Crippen LogP contribution is 2.21. The van der Waals surface area contributed by atoms with Crippen molar-refractivity contribution in [1.82, 2.24) is 4.72 Å². The van der Waals surface area contributed by atoms with Crippen molar-refractivity contribution in [2.45, 2.75) is 37.4 Å². The van der Waals surface area contributed by atoms with Crippen LogP contribution in [0.1, 0.15) is 6.92 Å². The molecule has 0 radical (unpaired) electrons. The van der Waals surface area contributed by atoms with E-state index in [1.165, 1.54) is 6.92 Å².